The van der Waals surface area contributed by atoms with Crippen molar-refractivity contribution in [3.63, 3.8) is 0 Å². The van der Waals surface area contributed by atoms with Gasteiger partial charge in [0.25, 0.3) is 0 Å². The number of hydrogen-bond donors (Lipinski definition) is 1. The monoisotopic (exact) mass is 391 g/mol. The molecule has 0 aromatic carbocycles. The number of pyridine rings is 2. The first-order chi connectivity index (χ1) is 14.2. The van der Waals surface area contributed by atoms with Crippen LogP contribution in [-0.4, -0.2) is 35.2 Å². The van der Waals surface area contributed by atoms with Crippen molar-refractivity contribution >= 4 is 16.7 Å². The lowest BCUT2D eigenvalue weighted by Crippen LogP contribution is -2.24. The first-order valence-electron chi connectivity index (χ1n) is 10.3. The summed E-state index contributed by atoms with van der Waals surface area (Å²) in [7, 11) is 0. The van der Waals surface area contributed by atoms with Gasteiger partial charge >= 0.3 is 5.69 Å². The van der Waals surface area contributed by atoms with Crippen molar-refractivity contribution < 1.29 is 5.11 Å². The van der Waals surface area contributed by atoms with Crippen LogP contribution >= 0.6 is 0 Å². The van der Waals surface area contributed by atoms with Gasteiger partial charge in [0, 0.05) is 30.7 Å². The quantitative estimate of drug-likeness (QED) is 0.492. The van der Waals surface area contributed by atoms with Gasteiger partial charge < -0.3 is 9.51 Å². The molecule has 0 atom stereocenters. The summed E-state index contributed by atoms with van der Waals surface area (Å²) in [5.74, 6) is 0. The van der Waals surface area contributed by atoms with Crippen LogP contribution in [0.5, 0.6) is 0 Å². The highest BCUT2D eigenvalue weighted by molar-refractivity contribution is 5.75. The molecule has 0 unspecified atom stereocenters. The third-order valence-corrected chi connectivity index (χ3v) is 5.75. The minimum Gasteiger partial charge on any atom is -0.396 e. The van der Waals surface area contributed by atoms with Crippen molar-refractivity contribution in [2.24, 2.45) is 0 Å². The van der Waals surface area contributed by atoms with Crippen molar-refractivity contribution in [3.8, 4) is 0 Å². The van der Waals surface area contributed by atoms with Gasteiger partial charge in [-0.3, -0.25) is 14.1 Å². The molecule has 0 saturated heterocycles. The molecule has 1 saturated carbocycles. The van der Waals surface area contributed by atoms with E-state index in [1.54, 1.807) is 12.4 Å². The molecule has 5 rings (SSSR count). The van der Waals surface area contributed by atoms with E-state index in [0.717, 1.165) is 65.7 Å². The number of imidazole rings is 2. The molecule has 150 valence electrons. The van der Waals surface area contributed by atoms with E-state index >= 15 is 0 Å². The first-order valence-corrected chi connectivity index (χ1v) is 10.3. The molecule has 7 heteroatoms. The van der Waals surface area contributed by atoms with Crippen LogP contribution in [0.25, 0.3) is 16.7 Å². The van der Waals surface area contributed by atoms with Crippen LogP contribution in [0.3, 0.4) is 0 Å². The number of aromatic nitrogens is 5. The second-order valence-electron chi connectivity index (χ2n) is 7.95. The number of aryl methyl sites for hydroxylation is 2. The normalized spacial score (nSPS) is 14.3. The van der Waals surface area contributed by atoms with Gasteiger partial charge in [0.1, 0.15) is 5.65 Å². The fourth-order valence-corrected chi connectivity index (χ4v) is 4.16. The fourth-order valence-electron chi connectivity index (χ4n) is 4.16. The van der Waals surface area contributed by atoms with Gasteiger partial charge in [0.2, 0.25) is 0 Å². The van der Waals surface area contributed by atoms with E-state index in [1.807, 2.05) is 21.3 Å². The van der Waals surface area contributed by atoms with Crippen LogP contribution in [-0.2, 0) is 13.0 Å². The molecule has 4 heterocycles. The predicted octanol–water partition coefficient (Wildman–Crippen LogP) is 2.85. The number of unbranched alkanes of at least 4 members (excludes halogenated alkanes) is 1. The van der Waals surface area contributed by atoms with E-state index in [9.17, 15) is 9.90 Å². The van der Waals surface area contributed by atoms with Gasteiger partial charge in [0.15, 0.2) is 0 Å². The lowest BCUT2D eigenvalue weighted by molar-refractivity contribution is 0.284. The van der Waals surface area contributed by atoms with Crippen molar-refractivity contribution in [1.29, 1.82) is 0 Å². The third-order valence-electron chi connectivity index (χ3n) is 5.75. The first kappa shape index (κ1) is 18.1. The van der Waals surface area contributed by atoms with Crippen molar-refractivity contribution in [2.45, 2.75) is 51.6 Å². The number of nitrogens with zero attached hydrogens (tertiary/aromatic N) is 5. The Labute approximate surface area is 168 Å². The van der Waals surface area contributed by atoms with Gasteiger partial charge in [-0.05, 0) is 56.7 Å². The third kappa shape index (κ3) is 3.15. The van der Waals surface area contributed by atoms with E-state index in [1.165, 1.54) is 0 Å². The molecule has 0 bridgehead atoms. The molecule has 0 spiro atoms. The zero-order chi connectivity index (χ0) is 20.0. The highest BCUT2D eigenvalue weighted by Crippen LogP contribution is 2.36. The summed E-state index contributed by atoms with van der Waals surface area (Å²) in [4.78, 5) is 22.4. The average Bonchev–Trinajstić information content (AvgIpc) is 3.44. The molecular formula is C22H25N5O2. The van der Waals surface area contributed by atoms with E-state index < -0.39 is 0 Å². The second kappa shape index (κ2) is 7.15. The number of aliphatic hydroxyl groups excluding tert-OH is 1. The van der Waals surface area contributed by atoms with Gasteiger partial charge in [0.05, 0.1) is 29.5 Å². The van der Waals surface area contributed by atoms with Gasteiger partial charge in [-0.25, -0.2) is 9.78 Å². The molecule has 0 amide bonds. The lowest BCUT2D eigenvalue weighted by atomic mass is 10.1. The van der Waals surface area contributed by atoms with Crippen LogP contribution in [0.1, 0.15) is 48.7 Å². The largest absolute Gasteiger partial charge is 0.396 e. The zero-order valence-corrected chi connectivity index (χ0v) is 16.6. The van der Waals surface area contributed by atoms with Gasteiger partial charge in [-0.15, -0.1) is 0 Å². The fraction of sp³-hybridized carbons (Fsp3) is 0.409. The molecule has 1 fully saturated rings. The Kier molecular flexibility index (Phi) is 4.47. The molecule has 4 aromatic heterocycles. The molecular weight excluding hydrogens is 366 g/mol. The van der Waals surface area contributed by atoms with Crippen LogP contribution in [0.2, 0.25) is 0 Å². The van der Waals surface area contributed by atoms with E-state index in [-0.39, 0.29) is 12.3 Å². The maximum Gasteiger partial charge on any atom is 0.329 e. The van der Waals surface area contributed by atoms with E-state index in [2.05, 4.69) is 28.6 Å². The zero-order valence-electron chi connectivity index (χ0n) is 16.6. The summed E-state index contributed by atoms with van der Waals surface area (Å²) in [5.41, 5.74) is 5.91. The van der Waals surface area contributed by atoms with Crippen molar-refractivity contribution in [3.05, 3.63) is 64.2 Å². The van der Waals surface area contributed by atoms with Gasteiger partial charge in [-0.2, -0.15) is 0 Å². The van der Waals surface area contributed by atoms with Crippen LogP contribution in [0.15, 0.2) is 41.6 Å². The number of fused-ring (bicyclic) bond motifs is 2. The Morgan fingerprint density at radius 3 is 2.83 bits per heavy atom. The standard InChI is InChI=1S/C22H25N5O2/c1-15-5-8-21-24-17(18(25(21)13-15)4-2-3-11-28)14-26-20-12-23-10-9-19(20)27(22(26)29)16-6-7-16/h5,8-10,12-13,16,28H,2-4,6-7,11,14H2,1H3. The van der Waals surface area contributed by atoms with Gasteiger partial charge in [-0.1, -0.05) is 6.07 Å². The Balaban J connectivity index is 1.63. The molecule has 0 radical (unpaired) electrons. The second-order valence-corrected chi connectivity index (χ2v) is 7.95. The summed E-state index contributed by atoms with van der Waals surface area (Å²) in [6.45, 7) is 2.68. The topological polar surface area (TPSA) is 77.3 Å². The Hall–Kier alpha value is -2.93. The summed E-state index contributed by atoms with van der Waals surface area (Å²) in [6.07, 6.45) is 10.2. The molecule has 1 N–H and O–H groups in total. The maximum absolute atomic E-state index is 13.2. The average molecular weight is 391 g/mol. The van der Waals surface area contributed by atoms with Crippen LogP contribution in [0.4, 0.5) is 0 Å². The molecule has 0 aliphatic heterocycles. The number of hydrogen-bond acceptors (Lipinski definition) is 4. The van der Waals surface area contributed by atoms with Crippen LogP contribution < -0.4 is 5.69 Å². The molecule has 7 nitrogen and oxygen atoms in total. The predicted molar refractivity (Wildman–Crippen MR) is 111 cm³/mol. The molecule has 29 heavy (non-hydrogen) atoms. The highest BCUT2D eigenvalue weighted by atomic mass is 16.2. The van der Waals surface area contributed by atoms with Crippen molar-refractivity contribution in [2.75, 3.05) is 6.61 Å². The molecule has 1 aliphatic carbocycles. The number of aliphatic hydroxyl groups is 1. The molecule has 4 aromatic rings. The Bertz CT molecular complexity index is 1250. The summed E-state index contributed by atoms with van der Waals surface area (Å²) in [6, 6.07) is 6.31. The smallest absolute Gasteiger partial charge is 0.329 e. The SMILES string of the molecule is Cc1ccc2nc(Cn3c(=O)n(C4CC4)c4ccncc43)c(CCCCO)n2c1. The van der Waals surface area contributed by atoms with E-state index in [0.29, 0.717) is 12.6 Å². The van der Waals surface area contributed by atoms with Crippen molar-refractivity contribution in [1.82, 2.24) is 23.5 Å². The maximum atomic E-state index is 13.2. The van der Waals surface area contributed by atoms with Crippen LogP contribution in [0, 0.1) is 6.92 Å². The van der Waals surface area contributed by atoms with E-state index in [4.69, 9.17) is 4.98 Å². The summed E-state index contributed by atoms with van der Waals surface area (Å²) in [5, 5.41) is 9.19. The number of rotatable bonds is 7. The summed E-state index contributed by atoms with van der Waals surface area (Å²) >= 11 is 0. The highest BCUT2D eigenvalue weighted by Gasteiger charge is 2.29. The lowest BCUT2D eigenvalue weighted by Gasteiger charge is -2.07. The Morgan fingerprint density at radius 2 is 2.03 bits per heavy atom. The minimum absolute atomic E-state index is 0.0186. The minimum atomic E-state index is 0.0186. The molecule has 1 aliphatic rings. The Morgan fingerprint density at radius 1 is 1.17 bits per heavy atom. The summed E-state index contributed by atoms with van der Waals surface area (Å²) < 4.78 is 5.86.